The summed E-state index contributed by atoms with van der Waals surface area (Å²) in [6, 6.07) is 26.9. The molecule has 4 heteroatoms. The van der Waals surface area contributed by atoms with Gasteiger partial charge < -0.3 is 24.8 Å². The molecule has 0 fully saturated rings. The van der Waals surface area contributed by atoms with Gasteiger partial charge >= 0.3 is 185 Å². The van der Waals surface area contributed by atoms with Crippen LogP contribution in [0.4, 0.5) is 0 Å². The van der Waals surface area contributed by atoms with Gasteiger partial charge in [-0.1, -0.05) is 0 Å². The van der Waals surface area contributed by atoms with Gasteiger partial charge in [-0.15, -0.1) is 0 Å². The average molecular weight is 499 g/mol. The molecule has 0 spiro atoms. The monoisotopic (exact) mass is 498 g/mol. The molecule has 0 aromatic heterocycles. The Bertz CT molecular complexity index is 1130. The molecule has 0 bridgehead atoms. The van der Waals surface area contributed by atoms with Gasteiger partial charge in [-0.25, -0.2) is 0 Å². The summed E-state index contributed by atoms with van der Waals surface area (Å²) in [5.41, 5.74) is 10.3. The number of fused-ring (bicyclic) bond motifs is 2. The van der Waals surface area contributed by atoms with Gasteiger partial charge in [0, 0.05) is 0 Å². The molecule has 3 aromatic carbocycles. The van der Waals surface area contributed by atoms with E-state index in [1.807, 2.05) is 0 Å². The number of allylic oxidation sites excluding steroid dienone is 2. The Morgan fingerprint density at radius 2 is 1.39 bits per heavy atom. The van der Waals surface area contributed by atoms with Crippen LogP contribution >= 0.6 is 7.92 Å². The predicted octanol–water partition coefficient (Wildman–Crippen LogP) is 1.74. The molecule has 0 radical (unpaired) electrons. The number of rotatable bonds is 4. The van der Waals surface area contributed by atoms with Crippen molar-refractivity contribution in [3.05, 3.63) is 106 Å². The first kappa shape index (κ1) is 24.5. The molecule has 2 aliphatic rings. The SMILES string of the molecule is CC1=Cc2c(-c3ccccc3)cccc2[CH]1[Ti+2][CH]1C(P(C)C)=Cc2ccccc21.[Cl-].[Cl-]. The van der Waals surface area contributed by atoms with E-state index in [0.29, 0.717) is 8.45 Å². The van der Waals surface area contributed by atoms with Crippen molar-refractivity contribution >= 4 is 20.1 Å². The van der Waals surface area contributed by atoms with E-state index in [1.54, 1.807) is 22.0 Å². The second kappa shape index (κ2) is 10.2. The van der Waals surface area contributed by atoms with Crippen LogP contribution in [0, 0.1) is 0 Å². The van der Waals surface area contributed by atoms with Gasteiger partial charge in [0.2, 0.25) is 0 Å². The van der Waals surface area contributed by atoms with Crippen LogP contribution in [-0.4, -0.2) is 13.3 Å². The molecule has 0 heterocycles. The summed E-state index contributed by atoms with van der Waals surface area (Å²) in [7, 11) is -0.0585. The van der Waals surface area contributed by atoms with E-state index < -0.39 is 0 Å². The van der Waals surface area contributed by atoms with Gasteiger partial charge in [0.05, 0.1) is 0 Å². The first-order chi connectivity index (χ1) is 14.1. The van der Waals surface area contributed by atoms with Crippen LogP contribution < -0.4 is 24.8 Å². The minimum absolute atomic E-state index is 0. The molecule has 0 amide bonds. The summed E-state index contributed by atoms with van der Waals surface area (Å²) in [5, 5.41) is 1.71. The molecule has 0 saturated carbocycles. The summed E-state index contributed by atoms with van der Waals surface area (Å²) in [6.07, 6.45) is 4.97. The maximum absolute atomic E-state index is 2.50. The van der Waals surface area contributed by atoms with Gasteiger partial charge in [-0.2, -0.15) is 0 Å². The number of halogens is 2. The molecular formula is C27H25Cl2PTi. The summed E-state index contributed by atoms with van der Waals surface area (Å²) >= 11 is -0.249. The van der Waals surface area contributed by atoms with Crippen LogP contribution in [0.15, 0.2) is 83.7 Å². The van der Waals surface area contributed by atoms with Gasteiger partial charge in [0.1, 0.15) is 0 Å². The fourth-order valence-corrected chi connectivity index (χ4v) is 10.1. The van der Waals surface area contributed by atoms with Crippen LogP contribution in [0.3, 0.4) is 0 Å². The van der Waals surface area contributed by atoms with Crippen LogP contribution in [0.1, 0.15) is 37.6 Å². The fourth-order valence-electron chi connectivity index (χ4n) is 4.68. The van der Waals surface area contributed by atoms with E-state index in [9.17, 15) is 0 Å². The third-order valence-corrected chi connectivity index (χ3v) is 11.1. The van der Waals surface area contributed by atoms with Crippen molar-refractivity contribution in [1.82, 2.24) is 0 Å². The summed E-state index contributed by atoms with van der Waals surface area (Å²) in [6.45, 7) is 7.20. The fraction of sp³-hybridized carbons (Fsp3) is 0.185. The molecular weight excluding hydrogens is 474 g/mol. The quantitative estimate of drug-likeness (QED) is 0.379. The molecule has 5 rings (SSSR count). The molecule has 2 atom stereocenters. The van der Waals surface area contributed by atoms with Crippen molar-refractivity contribution in [2.75, 3.05) is 13.3 Å². The summed E-state index contributed by atoms with van der Waals surface area (Å²) < 4.78 is 1.30. The zero-order valence-corrected chi connectivity index (χ0v) is 21.9. The topological polar surface area (TPSA) is 0 Å². The minimum atomic E-state index is -0.249. The van der Waals surface area contributed by atoms with Crippen LogP contribution in [0.25, 0.3) is 23.3 Å². The molecule has 0 nitrogen and oxygen atoms in total. The first-order valence-corrected chi connectivity index (χ1v) is 14.3. The number of hydrogen-bond donors (Lipinski definition) is 0. The Balaban J connectivity index is 0.00000136. The van der Waals surface area contributed by atoms with Gasteiger partial charge in [0.25, 0.3) is 0 Å². The molecule has 156 valence electrons. The third kappa shape index (κ3) is 4.52. The van der Waals surface area contributed by atoms with Crippen molar-refractivity contribution in [1.29, 1.82) is 0 Å². The maximum Gasteiger partial charge on any atom is -1.00 e. The van der Waals surface area contributed by atoms with Gasteiger partial charge in [-0.05, 0) is 0 Å². The molecule has 2 aliphatic carbocycles. The molecule has 2 unspecified atom stereocenters. The van der Waals surface area contributed by atoms with Crippen molar-refractivity contribution in [3.8, 4) is 11.1 Å². The first-order valence-electron chi connectivity index (χ1n) is 10.2. The Labute approximate surface area is 208 Å². The molecule has 3 aromatic rings. The minimum Gasteiger partial charge on any atom is -1.00 e. The van der Waals surface area contributed by atoms with Crippen molar-refractivity contribution in [3.63, 3.8) is 0 Å². The smallest absolute Gasteiger partial charge is 1.00 e. The Morgan fingerprint density at radius 1 is 0.710 bits per heavy atom. The Hall–Kier alpha value is -1.14. The zero-order chi connectivity index (χ0) is 20.0. The van der Waals surface area contributed by atoms with E-state index in [0.717, 1.165) is 0 Å². The van der Waals surface area contributed by atoms with Gasteiger partial charge in [0.15, 0.2) is 0 Å². The standard InChI is InChI=1S/C16H13.C11H12P.2ClH.Ti/c1-12-10-14-8-5-9-15(16(14)11-12)13-6-3-2-4-7-13;1-12(2)11-7-9-5-3-4-6-10(9)8-11;;;/h2-11H,1H3;3-8H,1-2H3;2*1H;/q;;;;+2/p-2. The number of hydrogen-bond acceptors (Lipinski definition) is 0. The van der Waals surface area contributed by atoms with Crippen LogP contribution in [-0.2, 0) is 19.2 Å². The summed E-state index contributed by atoms with van der Waals surface area (Å²) in [5.74, 6) is 0. The summed E-state index contributed by atoms with van der Waals surface area (Å²) in [4.78, 5) is 0. The molecule has 0 aliphatic heterocycles. The predicted molar refractivity (Wildman–Crippen MR) is 124 cm³/mol. The van der Waals surface area contributed by atoms with E-state index >= 15 is 0 Å². The number of benzene rings is 3. The van der Waals surface area contributed by atoms with Crippen molar-refractivity contribution in [2.24, 2.45) is 0 Å². The van der Waals surface area contributed by atoms with Crippen molar-refractivity contribution < 1.29 is 44.0 Å². The van der Waals surface area contributed by atoms with Crippen LogP contribution in [0.5, 0.6) is 0 Å². The zero-order valence-electron chi connectivity index (χ0n) is 17.9. The Kier molecular flexibility index (Phi) is 8.07. The van der Waals surface area contributed by atoms with E-state index in [4.69, 9.17) is 0 Å². The van der Waals surface area contributed by atoms with E-state index in [2.05, 4.69) is 105 Å². The van der Waals surface area contributed by atoms with Gasteiger partial charge in [-0.3, -0.25) is 0 Å². The van der Waals surface area contributed by atoms with E-state index in [-0.39, 0.29) is 51.9 Å². The molecule has 0 saturated heterocycles. The maximum atomic E-state index is 2.50. The Morgan fingerprint density at radius 3 is 2.13 bits per heavy atom. The van der Waals surface area contributed by atoms with E-state index in [1.165, 1.54) is 22.3 Å². The second-order valence-electron chi connectivity index (χ2n) is 8.19. The normalized spacial score (nSPS) is 18.2. The van der Waals surface area contributed by atoms with Crippen LogP contribution in [0.2, 0.25) is 0 Å². The van der Waals surface area contributed by atoms with Crippen molar-refractivity contribution in [2.45, 2.75) is 15.4 Å². The average Bonchev–Trinajstić information content (AvgIpc) is 3.27. The third-order valence-electron chi connectivity index (χ3n) is 6.12. The molecule has 31 heavy (non-hydrogen) atoms. The largest absolute Gasteiger partial charge is 1.00 e. The second-order valence-corrected chi connectivity index (χ2v) is 12.8. The molecule has 0 N–H and O–H groups in total.